The van der Waals surface area contributed by atoms with Gasteiger partial charge in [-0.3, -0.25) is 4.79 Å². The van der Waals surface area contributed by atoms with E-state index in [9.17, 15) is 9.90 Å². The molecule has 0 spiro atoms. The van der Waals surface area contributed by atoms with E-state index in [2.05, 4.69) is 11.4 Å². The summed E-state index contributed by atoms with van der Waals surface area (Å²) in [7, 11) is 0. The zero-order chi connectivity index (χ0) is 13.3. The predicted molar refractivity (Wildman–Crippen MR) is 73.2 cm³/mol. The number of ether oxygens (including phenoxy) is 1. The minimum atomic E-state index is -0.883. The number of carbonyl (C=O) groups is 1. The summed E-state index contributed by atoms with van der Waals surface area (Å²) in [5, 5.41) is 12.9. The topological polar surface area (TPSA) is 58.6 Å². The van der Waals surface area contributed by atoms with Gasteiger partial charge in [0.2, 0.25) is 5.91 Å². The fourth-order valence-corrected chi connectivity index (χ4v) is 3.65. The van der Waals surface area contributed by atoms with Crippen LogP contribution in [-0.2, 0) is 16.0 Å². The van der Waals surface area contributed by atoms with E-state index >= 15 is 0 Å². The van der Waals surface area contributed by atoms with Crippen molar-refractivity contribution in [3.05, 3.63) is 29.8 Å². The van der Waals surface area contributed by atoms with Gasteiger partial charge in [0.05, 0.1) is 11.9 Å². The van der Waals surface area contributed by atoms with Crippen LogP contribution in [-0.4, -0.2) is 41.6 Å². The zero-order valence-corrected chi connectivity index (χ0v) is 11.4. The fourth-order valence-electron chi connectivity index (χ4n) is 2.43. The Morgan fingerprint density at radius 3 is 3.11 bits per heavy atom. The van der Waals surface area contributed by atoms with Gasteiger partial charge in [0.1, 0.15) is 5.60 Å². The minimum absolute atomic E-state index is 0.00141. The fraction of sp³-hybridized carbons (Fsp3) is 0.500. The molecule has 0 saturated carbocycles. The van der Waals surface area contributed by atoms with Crippen LogP contribution in [0.25, 0.3) is 0 Å². The first kappa shape index (κ1) is 13.0. The van der Waals surface area contributed by atoms with Gasteiger partial charge >= 0.3 is 0 Å². The lowest BCUT2D eigenvalue weighted by molar-refractivity contribution is -0.121. The van der Waals surface area contributed by atoms with E-state index in [0.29, 0.717) is 19.6 Å². The molecule has 1 fully saturated rings. The molecule has 0 aromatic heterocycles. The van der Waals surface area contributed by atoms with E-state index < -0.39 is 5.60 Å². The first-order valence-electron chi connectivity index (χ1n) is 6.49. The number of hydrogen-bond donors (Lipinski definition) is 2. The van der Waals surface area contributed by atoms with Crippen LogP contribution in [0.15, 0.2) is 29.2 Å². The molecule has 0 bridgehead atoms. The SMILES string of the molecule is O=C(NCC1(O)CCOC1)C1Cc2ccccc2S1. The van der Waals surface area contributed by atoms with Crippen LogP contribution < -0.4 is 5.32 Å². The largest absolute Gasteiger partial charge is 0.386 e. The molecule has 2 heterocycles. The van der Waals surface area contributed by atoms with Crippen molar-refractivity contribution in [2.75, 3.05) is 19.8 Å². The van der Waals surface area contributed by atoms with Crippen LogP contribution >= 0.6 is 11.8 Å². The Morgan fingerprint density at radius 1 is 1.53 bits per heavy atom. The second-order valence-corrected chi connectivity index (χ2v) is 6.41. The van der Waals surface area contributed by atoms with E-state index in [4.69, 9.17) is 4.74 Å². The summed E-state index contributed by atoms with van der Waals surface area (Å²) in [6, 6.07) is 8.10. The van der Waals surface area contributed by atoms with Crippen molar-refractivity contribution in [1.82, 2.24) is 5.32 Å². The molecule has 3 rings (SSSR count). The van der Waals surface area contributed by atoms with Crippen molar-refractivity contribution < 1.29 is 14.6 Å². The number of aliphatic hydroxyl groups is 1. The highest BCUT2D eigenvalue weighted by molar-refractivity contribution is 8.01. The van der Waals surface area contributed by atoms with Gasteiger partial charge in [-0.25, -0.2) is 0 Å². The molecule has 2 N–H and O–H groups in total. The maximum absolute atomic E-state index is 12.1. The number of thioether (sulfide) groups is 1. The Kier molecular flexibility index (Phi) is 3.52. The average molecular weight is 279 g/mol. The third kappa shape index (κ3) is 2.78. The number of fused-ring (bicyclic) bond motifs is 1. The lowest BCUT2D eigenvalue weighted by Crippen LogP contribution is -2.45. The molecule has 19 heavy (non-hydrogen) atoms. The molecule has 1 amide bonds. The van der Waals surface area contributed by atoms with Gasteiger partial charge in [0, 0.05) is 24.5 Å². The molecule has 2 atom stereocenters. The number of carbonyl (C=O) groups excluding carboxylic acids is 1. The lowest BCUT2D eigenvalue weighted by Gasteiger charge is -2.21. The highest BCUT2D eigenvalue weighted by atomic mass is 32.2. The standard InChI is InChI=1S/C14H17NO3S/c16-13(15-8-14(17)5-6-18-9-14)12-7-10-3-1-2-4-11(10)19-12/h1-4,12,17H,5-9H2,(H,15,16). The quantitative estimate of drug-likeness (QED) is 0.865. The van der Waals surface area contributed by atoms with E-state index in [0.717, 1.165) is 6.42 Å². The van der Waals surface area contributed by atoms with Crippen molar-refractivity contribution in [3.8, 4) is 0 Å². The Bertz CT molecular complexity index is 460. The maximum Gasteiger partial charge on any atom is 0.233 e. The third-order valence-electron chi connectivity index (χ3n) is 3.61. The van der Waals surface area contributed by atoms with Crippen LogP contribution in [0.4, 0.5) is 0 Å². The molecular weight excluding hydrogens is 262 g/mol. The van der Waals surface area contributed by atoms with Crippen LogP contribution in [0.1, 0.15) is 12.0 Å². The van der Waals surface area contributed by atoms with Gasteiger partial charge < -0.3 is 15.2 Å². The van der Waals surface area contributed by atoms with Crippen molar-refractivity contribution in [2.45, 2.75) is 28.6 Å². The molecule has 1 saturated heterocycles. The molecule has 102 valence electrons. The summed E-state index contributed by atoms with van der Waals surface area (Å²) in [5.41, 5.74) is 0.349. The monoisotopic (exact) mass is 279 g/mol. The van der Waals surface area contributed by atoms with E-state index in [-0.39, 0.29) is 17.7 Å². The first-order valence-corrected chi connectivity index (χ1v) is 7.37. The molecule has 2 unspecified atom stereocenters. The molecule has 4 nitrogen and oxygen atoms in total. The number of rotatable bonds is 3. The summed E-state index contributed by atoms with van der Waals surface area (Å²) in [6.45, 7) is 1.15. The predicted octanol–water partition coefficient (Wildman–Crippen LogP) is 0.971. The Balaban J connectivity index is 1.55. The van der Waals surface area contributed by atoms with Crippen LogP contribution in [0.3, 0.4) is 0 Å². The first-order chi connectivity index (χ1) is 9.16. The van der Waals surface area contributed by atoms with E-state index in [1.807, 2.05) is 18.2 Å². The van der Waals surface area contributed by atoms with Gasteiger partial charge in [-0.1, -0.05) is 18.2 Å². The third-order valence-corrected chi connectivity index (χ3v) is 4.93. The number of benzene rings is 1. The van der Waals surface area contributed by atoms with Gasteiger partial charge in [-0.15, -0.1) is 11.8 Å². The van der Waals surface area contributed by atoms with Crippen molar-refractivity contribution in [3.63, 3.8) is 0 Å². The Hall–Kier alpha value is -1.04. The highest BCUT2D eigenvalue weighted by Crippen LogP contribution is 2.36. The van der Waals surface area contributed by atoms with Gasteiger partial charge in [-0.05, 0) is 18.1 Å². The smallest absolute Gasteiger partial charge is 0.233 e. The minimum Gasteiger partial charge on any atom is -0.386 e. The molecule has 2 aliphatic heterocycles. The van der Waals surface area contributed by atoms with Crippen molar-refractivity contribution in [1.29, 1.82) is 0 Å². The Labute approximate surface area is 116 Å². The second-order valence-electron chi connectivity index (χ2n) is 5.16. The average Bonchev–Trinajstić information content (AvgIpc) is 3.02. The van der Waals surface area contributed by atoms with Gasteiger partial charge in [0.25, 0.3) is 0 Å². The molecule has 2 aliphatic rings. The normalized spacial score (nSPS) is 29.2. The highest BCUT2D eigenvalue weighted by Gasteiger charge is 2.34. The number of nitrogens with one attached hydrogen (secondary N) is 1. The molecule has 1 aromatic carbocycles. The molecule has 0 radical (unpaired) electrons. The van der Waals surface area contributed by atoms with E-state index in [1.165, 1.54) is 10.5 Å². The van der Waals surface area contributed by atoms with Gasteiger partial charge in [0.15, 0.2) is 0 Å². The Morgan fingerprint density at radius 2 is 2.37 bits per heavy atom. The molecule has 0 aliphatic carbocycles. The van der Waals surface area contributed by atoms with Gasteiger partial charge in [-0.2, -0.15) is 0 Å². The molecular formula is C14H17NO3S. The van der Waals surface area contributed by atoms with Crippen molar-refractivity contribution >= 4 is 17.7 Å². The summed E-state index contributed by atoms with van der Waals surface area (Å²) in [6.07, 6.45) is 1.35. The summed E-state index contributed by atoms with van der Waals surface area (Å²) in [4.78, 5) is 13.3. The zero-order valence-electron chi connectivity index (χ0n) is 10.6. The van der Waals surface area contributed by atoms with Crippen LogP contribution in [0, 0.1) is 0 Å². The molecule has 5 heteroatoms. The molecule has 1 aromatic rings. The summed E-state index contributed by atoms with van der Waals surface area (Å²) in [5.74, 6) is 0.00141. The lowest BCUT2D eigenvalue weighted by atomic mass is 10.0. The maximum atomic E-state index is 12.1. The van der Waals surface area contributed by atoms with E-state index in [1.54, 1.807) is 11.8 Å². The number of hydrogen-bond acceptors (Lipinski definition) is 4. The second kappa shape index (κ2) is 5.15. The number of amides is 1. The summed E-state index contributed by atoms with van der Waals surface area (Å²) >= 11 is 1.60. The van der Waals surface area contributed by atoms with Crippen molar-refractivity contribution in [2.24, 2.45) is 0 Å². The summed E-state index contributed by atoms with van der Waals surface area (Å²) < 4.78 is 5.16. The van der Waals surface area contributed by atoms with Crippen LogP contribution in [0.5, 0.6) is 0 Å². The van der Waals surface area contributed by atoms with Crippen LogP contribution in [0.2, 0.25) is 0 Å².